The van der Waals surface area contributed by atoms with E-state index in [0.29, 0.717) is 0 Å². The first-order chi connectivity index (χ1) is 6.40. The molecular formula is C11H10N2. The normalized spacial score (nSPS) is 10.2. The van der Waals surface area contributed by atoms with Gasteiger partial charge in [-0.1, -0.05) is 6.08 Å². The fraction of sp³-hybridized carbons (Fsp3) is 0.0909. The van der Waals surface area contributed by atoms with E-state index in [4.69, 9.17) is 0 Å². The monoisotopic (exact) mass is 170 g/mol. The molecule has 64 valence electrons. The second-order valence-electron chi connectivity index (χ2n) is 2.86. The molecule has 0 aliphatic heterocycles. The van der Waals surface area contributed by atoms with Crippen LogP contribution >= 0.6 is 0 Å². The fourth-order valence-electron chi connectivity index (χ4n) is 1.27. The third-order valence-electron chi connectivity index (χ3n) is 1.90. The van der Waals surface area contributed by atoms with Crippen LogP contribution in [0.1, 0.15) is 5.69 Å². The summed E-state index contributed by atoms with van der Waals surface area (Å²) in [6, 6.07) is 5.96. The molecule has 0 fully saturated rings. The lowest BCUT2D eigenvalue weighted by atomic mass is 10.2. The summed E-state index contributed by atoms with van der Waals surface area (Å²) in [4.78, 5) is 8.48. The Hall–Kier alpha value is -1.70. The van der Waals surface area contributed by atoms with Crippen molar-refractivity contribution in [3.05, 3.63) is 48.9 Å². The molecule has 0 bridgehead atoms. The van der Waals surface area contributed by atoms with Crippen LogP contribution in [0.5, 0.6) is 0 Å². The van der Waals surface area contributed by atoms with Crippen molar-refractivity contribution in [3.63, 3.8) is 0 Å². The second kappa shape index (κ2) is 3.35. The third kappa shape index (κ3) is 1.56. The van der Waals surface area contributed by atoms with Crippen LogP contribution < -0.4 is 0 Å². The van der Waals surface area contributed by atoms with Gasteiger partial charge in [0, 0.05) is 29.9 Å². The summed E-state index contributed by atoms with van der Waals surface area (Å²) in [6.45, 7) is 3.68. The highest BCUT2D eigenvalue weighted by atomic mass is 14.7. The van der Waals surface area contributed by atoms with Gasteiger partial charge >= 0.3 is 0 Å². The smallest absolute Gasteiger partial charge is 0.0736 e. The number of aromatic nitrogens is 2. The summed E-state index contributed by atoms with van der Waals surface area (Å²) in [7, 11) is 0. The molecule has 0 saturated heterocycles. The van der Waals surface area contributed by atoms with Crippen molar-refractivity contribution in [2.75, 3.05) is 0 Å². The molecule has 0 aliphatic rings. The first-order valence-corrected chi connectivity index (χ1v) is 4.21. The van der Waals surface area contributed by atoms with Crippen LogP contribution in [0.25, 0.3) is 10.9 Å². The van der Waals surface area contributed by atoms with E-state index >= 15 is 0 Å². The predicted octanol–water partition coefficient (Wildman–Crippen LogP) is 2.36. The largest absolute Gasteiger partial charge is 0.264 e. The van der Waals surface area contributed by atoms with E-state index in [2.05, 4.69) is 16.5 Å². The summed E-state index contributed by atoms with van der Waals surface area (Å²) in [6.07, 6.45) is 6.25. The minimum atomic E-state index is 0.818. The van der Waals surface area contributed by atoms with Crippen LogP contribution in [0.3, 0.4) is 0 Å². The average molecular weight is 170 g/mol. The molecule has 13 heavy (non-hydrogen) atoms. The van der Waals surface area contributed by atoms with Gasteiger partial charge < -0.3 is 0 Å². The van der Waals surface area contributed by atoms with E-state index in [9.17, 15) is 0 Å². The van der Waals surface area contributed by atoms with Gasteiger partial charge in [0.25, 0.3) is 0 Å². The minimum Gasteiger partial charge on any atom is -0.264 e. The molecule has 2 aromatic rings. The van der Waals surface area contributed by atoms with E-state index in [1.165, 1.54) is 0 Å². The van der Waals surface area contributed by atoms with Crippen molar-refractivity contribution in [2.24, 2.45) is 0 Å². The van der Waals surface area contributed by atoms with Crippen molar-refractivity contribution in [1.29, 1.82) is 0 Å². The highest BCUT2D eigenvalue weighted by Gasteiger charge is 1.95. The van der Waals surface area contributed by atoms with Gasteiger partial charge in [-0.2, -0.15) is 0 Å². The molecule has 0 saturated carbocycles. The zero-order valence-corrected chi connectivity index (χ0v) is 7.27. The lowest BCUT2D eigenvalue weighted by molar-refractivity contribution is 1.14. The number of pyridine rings is 2. The van der Waals surface area contributed by atoms with Gasteiger partial charge in [-0.05, 0) is 18.2 Å². The highest BCUT2D eigenvalue weighted by molar-refractivity contribution is 5.77. The number of allylic oxidation sites excluding steroid dienone is 1. The van der Waals surface area contributed by atoms with Crippen LogP contribution in [0, 0.1) is 0 Å². The molecule has 0 radical (unpaired) electrons. The molecule has 0 aliphatic carbocycles. The van der Waals surface area contributed by atoms with Gasteiger partial charge in [0.2, 0.25) is 0 Å². The van der Waals surface area contributed by atoms with E-state index < -0.39 is 0 Å². The Morgan fingerprint density at radius 2 is 2.23 bits per heavy atom. The number of rotatable bonds is 2. The topological polar surface area (TPSA) is 25.8 Å². The Morgan fingerprint density at radius 3 is 3.08 bits per heavy atom. The minimum absolute atomic E-state index is 0.818. The zero-order valence-electron chi connectivity index (χ0n) is 7.27. The van der Waals surface area contributed by atoms with E-state index in [0.717, 1.165) is 23.0 Å². The van der Waals surface area contributed by atoms with Crippen molar-refractivity contribution in [2.45, 2.75) is 6.42 Å². The molecule has 0 N–H and O–H groups in total. The molecular weight excluding hydrogens is 160 g/mol. The SMILES string of the molecule is C=CCc1ccc2cnccc2n1. The highest BCUT2D eigenvalue weighted by Crippen LogP contribution is 2.10. The van der Waals surface area contributed by atoms with E-state index in [-0.39, 0.29) is 0 Å². The zero-order chi connectivity index (χ0) is 9.10. The van der Waals surface area contributed by atoms with Crippen molar-refractivity contribution in [3.8, 4) is 0 Å². The molecule has 2 aromatic heterocycles. The molecule has 2 rings (SSSR count). The molecule has 2 heteroatoms. The molecule has 2 nitrogen and oxygen atoms in total. The Balaban J connectivity index is 2.55. The molecule has 0 unspecified atom stereocenters. The van der Waals surface area contributed by atoms with Gasteiger partial charge in [0.15, 0.2) is 0 Å². The van der Waals surface area contributed by atoms with Crippen molar-refractivity contribution < 1.29 is 0 Å². The van der Waals surface area contributed by atoms with Gasteiger partial charge in [0.05, 0.1) is 5.52 Å². The van der Waals surface area contributed by atoms with Crippen LogP contribution in [0.15, 0.2) is 43.2 Å². The molecule has 0 atom stereocenters. The fourth-order valence-corrected chi connectivity index (χ4v) is 1.27. The summed E-state index contributed by atoms with van der Waals surface area (Å²) in [5.74, 6) is 0. The van der Waals surface area contributed by atoms with Crippen LogP contribution in [0.2, 0.25) is 0 Å². The molecule has 0 aromatic carbocycles. The molecule has 0 amide bonds. The lowest BCUT2D eigenvalue weighted by Gasteiger charge is -1.98. The van der Waals surface area contributed by atoms with Crippen LogP contribution in [-0.2, 0) is 6.42 Å². The van der Waals surface area contributed by atoms with Gasteiger partial charge in [-0.25, -0.2) is 0 Å². The summed E-state index contributed by atoms with van der Waals surface area (Å²) >= 11 is 0. The maximum absolute atomic E-state index is 4.45. The van der Waals surface area contributed by atoms with Gasteiger partial charge in [-0.15, -0.1) is 6.58 Å². The lowest BCUT2D eigenvalue weighted by Crippen LogP contribution is -1.88. The Bertz CT molecular complexity index is 435. The maximum Gasteiger partial charge on any atom is 0.0736 e. The molecule has 2 heterocycles. The Labute approximate surface area is 77.0 Å². The summed E-state index contributed by atoms with van der Waals surface area (Å²) in [5.41, 5.74) is 2.04. The maximum atomic E-state index is 4.45. The second-order valence-corrected chi connectivity index (χ2v) is 2.86. The third-order valence-corrected chi connectivity index (χ3v) is 1.90. The van der Waals surface area contributed by atoms with Gasteiger partial charge in [0.1, 0.15) is 0 Å². The quantitative estimate of drug-likeness (QED) is 0.646. The first-order valence-electron chi connectivity index (χ1n) is 4.21. The number of hydrogen-bond donors (Lipinski definition) is 0. The van der Waals surface area contributed by atoms with E-state index in [1.54, 1.807) is 6.20 Å². The number of hydrogen-bond acceptors (Lipinski definition) is 2. The van der Waals surface area contributed by atoms with Crippen molar-refractivity contribution in [1.82, 2.24) is 9.97 Å². The Kier molecular flexibility index (Phi) is 2.04. The summed E-state index contributed by atoms with van der Waals surface area (Å²) in [5, 5.41) is 1.08. The predicted molar refractivity (Wildman–Crippen MR) is 53.4 cm³/mol. The average Bonchev–Trinajstić information content (AvgIpc) is 2.18. The van der Waals surface area contributed by atoms with Crippen LogP contribution in [0.4, 0.5) is 0 Å². The first kappa shape index (κ1) is 7.92. The van der Waals surface area contributed by atoms with Crippen molar-refractivity contribution >= 4 is 10.9 Å². The van der Waals surface area contributed by atoms with E-state index in [1.807, 2.05) is 30.5 Å². The number of fused-ring (bicyclic) bond motifs is 1. The van der Waals surface area contributed by atoms with Crippen LogP contribution in [-0.4, -0.2) is 9.97 Å². The Morgan fingerprint density at radius 1 is 1.31 bits per heavy atom. The standard InChI is InChI=1S/C11H10N2/c1-2-3-10-5-4-9-8-12-7-6-11(9)13-10/h2,4-8H,1,3H2. The molecule has 0 spiro atoms. The number of nitrogens with zero attached hydrogens (tertiary/aromatic N) is 2. The summed E-state index contributed by atoms with van der Waals surface area (Å²) < 4.78 is 0. The van der Waals surface area contributed by atoms with Gasteiger partial charge in [-0.3, -0.25) is 9.97 Å².